The van der Waals surface area contributed by atoms with Crippen LogP contribution >= 0.6 is 0 Å². The van der Waals surface area contributed by atoms with Crippen LogP contribution in [-0.4, -0.2) is 32.8 Å². The maximum absolute atomic E-state index is 5.03. The largest absolute Gasteiger partial charge is 0.383 e. The zero-order valence-corrected chi connectivity index (χ0v) is 13.1. The number of benzene rings is 1. The fourth-order valence-corrected chi connectivity index (χ4v) is 3.02. The monoisotopic (exact) mass is 276 g/mol. The highest BCUT2D eigenvalue weighted by Gasteiger charge is 2.26. The molecule has 1 aromatic carbocycles. The molecule has 0 aliphatic carbocycles. The Morgan fingerprint density at radius 3 is 2.70 bits per heavy atom. The van der Waals surface area contributed by atoms with E-state index in [1.54, 1.807) is 7.11 Å². The summed E-state index contributed by atoms with van der Waals surface area (Å²) in [7, 11) is 1.73. The Morgan fingerprint density at radius 1 is 1.30 bits per heavy atom. The first-order valence-corrected chi connectivity index (χ1v) is 7.77. The molecule has 1 heterocycles. The SMILES string of the molecule is COCCNCc1ccc(N2CCCC2C(C)C)cc1. The van der Waals surface area contributed by atoms with Gasteiger partial charge in [-0.15, -0.1) is 0 Å². The highest BCUT2D eigenvalue weighted by molar-refractivity contribution is 5.49. The average Bonchev–Trinajstić information content (AvgIpc) is 2.94. The van der Waals surface area contributed by atoms with Gasteiger partial charge in [-0.1, -0.05) is 26.0 Å². The van der Waals surface area contributed by atoms with Crippen LogP contribution in [-0.2, 0) is 11.3 Å². The highest BCUT2D eigenvalue weighted by Crippen LogP contribution is 2.29. The Bertz CT molecular complexity index is 388. The Kier molecular flexibility index (Phi) is 5.86. The molecule has 112 valence electrons. The molecule has 0 spiro atoms. The molecular formula is C17H28N2O. The van der Waals surface area contributed by atoms with Crippen LogP contribution in [0.3, 0.4) is 0 Å². The second-order valence-electron chi connectivity index (χ2n) is 5.98. The Balaban J connectivity index is 1.90. The number of ether oxygens (including phenoxy) is 1. The minimum atomic E-state index is 0.709. The summed E-state index contributed by atoms with van der Waals surface area (Å²) >= 11 is 0. The van der Waals surface area contributed by atoms with Gasteiger partial charge in [0.2, 0.25) is 0 Å². The van der Waals surface area contributed by atoms with Gasteiger partial charge in [0.15, 0.2) is 0 Å². The van der Waals surface area contributed by atoms with E-state index in [9.17, 15) is 0 Å². The summed E-state index contributed by atoms with van der Waals surface area (Å²) in [5, 5.41) is 3.38. The van der Waals surface area contributed by atoms with Crippen LogP contribution in [0.25, 0.3) is 0 Å². The second kappa shape index (κ2) is 7.65. The zero-order valence-electron chi connectivity index (χ0n) is 13.1. The molecule has 0 amide bonds. The van der Waals surface area contributed by atoms with Crippen molar-refractivity contribution in [1.29, 1.82) is 0 Å². The lowest BCUT2D eigenvalue weighted by Gasteiger charge is -2.29. The van der Waals surface area contributed by atoms with Crippen molar-refractivity contribution in [1.82, 2.24) is 5.32 Å². The summed E-state index contributed by atoms with van der Waals surface area (Å²) in [6.45, 7) is 8.45. The van der Waals surface area contributed by atoms with E-state index in [1.807, 2.05) is 0 Å². The molecule has 0 bridgehead atoms. The first-order chi connectivity index (χ1) is 9.72. The minimum absolute atomic E-state index is 0.709. The molecule has 0 radical (unpaired) electrons. The number of hydrogen-bond acceptors (Lipinski definition) is 3. The summed E-state index contributed by atoms with van der Waals surface area (Å²) in [4.78, 5) is 2.58. The third-order valence-electron chi connectivity index (χ3n) is 4.15. The summed E-state index contributed by atoms with van der Waals surface area (Å²) < 4.78 is 5.03. The first-order valence-electron chi connectivity index (χ1n) is 7.77. The molecular weight excluding hydrogens is 248 g/mol. The second-order valence-corrected chi connectivity index (χ2v) is 5.98. The van der Waals surface area contributed by atoms with Crippen molar-refractivity contribution in [2.75, 3.05) is 31.7 Å². The minimum Gasteiger partial charge on any atom is -0.383 e. The van der Waals surface area contributed by atoms with E-state index in [0.29, 0.717) is 6.04 Å². The normalized spacial score (nSPS) is 19.0. The van der Waals surface area contributed by atoms with Crippen molar-refractivity contribution >= 4 is 5.69 Å². The van der Waals surface area contributed by atoms with Crippen LogP contribution in [0.1, 0.15) is 32.3 Å². The van der Waals surface area contributed by atoms with Crippen LogP contribution in [0.5, 0.6) is 0 Å². The summed E-state index contributed by atoms with van der Waals surface area (Å²) in [6.07, 6.45) is 2.65. The first kappa shape index (κ1) is 15.3. The standard InChI is InChI=1S/C17H28N2O/c1-14(2)17-5-4-11-19(17)16-8-6-15(7-9-16)13-18-10-12-20-3/h6-9,14,17-18H,4-5,10-13H2,1-3H3. The van der Waals surface area contributed by atoms with Crippen LogP contribution in [0.4, 0.5) is 5.69 Å². The topological polar surface area (TPSA) is 24.5 Å². The third-order valence-corrected chi connectivity index (χ3v) is 4.15. The zero-order chi connectivity index (χ0) is 14.4. The molecule has 0 saturated carbocycles. The van der Waals surface area contributed by atoms with Crippen molar-refractivity contribution in [3.8, 4) is 0 Å². The van der Waals surface area contributed by atoms with E-state index in [4.69, 9.17) is 4.74 Å². The highest BCUT2D eigenvalue weighted by atomic mass is 16.5. The van der Waals surface area contributed by atoms with Gasteiger partial charge in [-0.3, -0.25) is 0 Å². The number of nitrogens with one attached hydrogen (secondary N) is 1. The third kappa shape index (κ3) is 3.97. The molecule has 0 aromatic heterocycles. The van der Waals surface area contributed by atoms with Gasteiger partial charge in [-0.05, 0) is 36.5 Å². The van der Waals surface area contributed by atoms with Crippen molar-refractivity contribution in [2.45, 2.75) is 39.3 Å². The molecule has 1 fully saturated rings. The van der Waals surface area contributed by atoms with Crippen LogP contribution < -0.4 is 10.2 Å². The van der Waals surface area contributed by atoms with Gasteiger partial charge in [0.1, 0.15) is 0 Å². The molecule has 1 aromatic rings. The number of rotatable bonds is 7. The summed E-state index contributed by atoms with van der Waals surface area (Å²) in [6, 6.07) is 9.73. The lowest BCUT2D eigenvalue weighted by atomic mass is 10.0. The molecule has 3 nitrogen and oxygen atoms in total. The molecule has 1 saturated heterocycles. The van der Waals surface area contributed by atoms with Crippen LogP contribution in [0.2, 0.25) is 0 Å². The molecule has 3 heteroatoms. The Labute approximate surface area is 123 Å². The van der Waals surface area contributed by atoms with Crippen molar-refractivity contribution in [3.05, 3.63) is 29.8 Å². The van der Waals surface area contributed by atoms with Crippen LogP contribution in [0, 0.1) is 5.92 Å². The van der Waals surface area contributed by atoms with E-state index in [-0.39, 0.29) is 0 Å². The van der Waals surface area contributed by atoms with Gasteiger partial charge in [0.25, 0.3) is 0 Å². The Morgan fingerprint density at radius 2 is 2.05 bits per heavy atom. The predicted octanol–water partition coefficient (Wildman–Crippen LogP) is 3.05. The van der Waals surface area contributed by atoms with E-state index >= 15 is 0 Å². The lowest BCUT2D eigenvalue weighted by molar-refractivity contribution is 0.199. The Hall–Kier alpha value is -1.06. The fourth-order valence-electron chi connectivity index (χ4n) is 3.02. The van der Waals surface area contributed by atoms with Crippen molar-refractivity contribution in [2.24, 2.45) is 5.92 Å². The van der Waals surface area contributed by atoms with Gasteiger partial charge in [-0.25, -0.2) is 0 Å². The van der Waals surface area contributed by atoms with Gasteiger partial charge in [-0.2, -0.15) is 0 Å². The molecule has 1 aliphatic rings. The maximum atomic E-state index is 5.03. The van der Waals surface area contributed by atoms with E-state index in [0.717, 1.165) is 25.6 Å². The van der Waals surface area contributed by atoms with E-state index in [2.05, 4.69) is 48.3 Å². The number of methoxy groups -OCH3 is 1. The summed E-state index contributed by atoms with van der Waals surface area (Å²) in [5.41, 5.74) is 2.71. The molecule has 1 N–H and O–H groups in total. The lowest BCUT2D eigenvalue weighted by Crippen LogP contribution is -2.33. The molecule has 1 aliphatic heterocycles. The molecule has 1 unspecified atom stereocenters. The quantitative estimate of drug-likeness (QED) is 0.775. The summed E-state index contributed by atoms with van der Waals surface area (Å²) in [5.74, 6) is 0.730. The number of anilines is 1. The maximum Gasteiger partial charge on any atom is 0.0587 e. The number of hydrogen-bond donors (Lipinski definition) is 1. The smallest absolute Gasteiger partial charge is 0.0587 e. The predicted molar refractivity (Wildman–Crippen MR) is 85.2 cm³/mol. The number of nitrogens with zero attached hydrogens (tertiary/aromatic N) is 1. The van der Waals surface area contributed by atoms with Gasteiger partial charge < -0.3 is 15.0 Å². The van der Waals surface area contributed by atoms with E-state index < -0.39 is 0 Å². The van der Waals surface area contributed by atoms with Gasteiger partial charge >= 0.3 is 0 Å². The molecule has 1 atom stereocenters. The van der Waals surface area contributed by atoms with Crippen LogP contribution in [0.15, 0.2) is 24.3 Å². The van der Waals surface area contributed by atoms with Crippen molar-refractivity contribution < 1.29 is 4.74 Å². The van der Waals surface area contributed by atoms with Gasteiger partial charge in [0, 0.05) is 38.5 Å². The average molecular weight is 276 g/mol. The van der Waals surface area contributed by atoms with E-state index in [1.165, 1.54) is 30.6 Å². The fraction of sp³-hybridized carbons (Fsp3) is 0.647. The van der Waals surface area contributed by atoms with Crippen molar-refractivity contribution in [3.63, 3.8) is 0 Å². The molecule has 2 rings (SSSR count). The molecule has 20 heavy (non-hydrogen) atoms. The van der Waals surface area contributed by atoms with Gasteiger partial charge in [0.05, 0.1) is 6.61 Å².